The molecule has 0 bridgehead atoms. The van der Waals surface area contributed by atoms with Gasteiger partial charge in [0.25, 0.3) is 0 Å². The van der Waals surface area contributed by atoms with Gasteiger partial charge in [0.05, 0.1) is 27.2 Å². The molecule has 8 heteroatoms. The molecule has 3 aromatic rings. The van der Waals surface area contributed by atoms with E-state index >= 15 is 0 Å². The second kappa shape index (κ2) is 8.55. The number of carbonyl (C=O) groups excluding carboxylic acids is 1. The van der Waals surface area contributed by atoms with Crippen molar-refractivity contribution in [2.24, 2.45) is 0 Å². The lowest BCUT2D eigenvalue weighted by molar-refractivity contribution is -0.120. The second-order valence-electron chi connectivity index (χ2n) is 5.66. The highest BCUT2D eigenvalue weighted by Crippen LogP contribution is 2.31. The molecule has 1 heterocycles. The standard InChI is InChI=1S/C19H18ClN3O4/c1-25-15-8-5-13(10-16(15)26-2)19-22-18(27-23-19)11-21-17(24)9-12-3-6-14(20)7-4-12/h3-8,10H,9,11H2,1-2H3,(H,21,24). The van der Waals surface area contributed by atoms with Crippen LogP contribution < -0.4 is 14.8 Å². The Hall–Kier alpha value is -3.06. The Balaban J connectivity index is 1.61. The maximum atomic E-state index is 12.0. The Bertz CT molecular complexity index is 925. The normalized spacial score (nSPS) is 10.5. The van der Waals surface area contributed by atoms with E-state index in [1.165, 1.54) is 0 Å². The minimum Gasteiger partial charge on any atom is -0.493 e. The van der Waals surface area contributed by atoms with Gasteiger partial charge in [-0.2, -0.15) is 4.98 Å². The zero-order valence-corrected chi connectivity index (χ0v) is 15.6. The number of benzene rings is 2. The van der Waals surface area contributed by atoms with E-state index in [2.05, 4.69) is 15.5 Å². The summed E-state index contributed by atoms with van der Waals surface area (Å²) >= 11 is 5.84. The van der Waals surface area contributed by atoms with E-state index in [0.29, 0.717) is 28.2 Å². The predicted octanol–water partition coefficient (Wildman–Crippen LogP) is 3.27. The fraction of sp³-hybridized carbons (Fsp3) is 0.211. The van der Waals surface area contributed by atoms with Gasteiger partial charge in [0.1, 0.15) is 0 Å². The van der Waals surface area contributed by atoms with Crippen LogP contribution in [0.2, 0.25) is 5.02 Å². The number of methoxy groups -OCH3 is 2. The number of nitrogens with one attached hydrogen (secondary N) is 1. The van der Waals surface area contributed by atoms with Gasteiger partial charge in [0, 0.05) is 10.6 Å². The first-order valence-corrected chi connectivity index (χ1v) is 8.53. The van der Waals surface area contributed by atoms with Crippen molar-refractivity contribution in [2.75, 3.05) is 14.2 Å². The van der Waals surface area contributed by atoms with Crippen molar-refractivity contribution >= 4 is 17.5 Å². The average Bonchev–Trinajstić information content (AvgIpc) is 3.16. The number of aromatic nitrogens is 2. The Morgan fingerprint density at radius 3 is 2.56 bits per heavy atom. The highest BCUT2D eigenvalue weighted by atomic mass is 35.5. The minimum absolute atomic E-state index is 0.146. The first-order chi connectivity index (χ1) is 13.1. The van der Waals surface area contributed by atoms with Crippen LogP contribution in [-0.2, 0) is 17.8 Å². The van der Waals surface area contributed by atoms with Gasteiger partial charge in [0.2, 0.25) is 17.6 Å². The monoisotopic (exact) mass is 387 g/mol. The molecule has 0 radical (unpaired) electrons. The van der Waals surface area contributed by atoms with Crippen LogP contribution in [0.4, 0.5) is 0 Å². The lowest BCUT2D eigenvalue weighted by atomic mass is 10.1. The zero-order chi connectivity index (χ0) is 19.2. The summed E-state index contributed by atoms with van der Waals surface area (Å²) in [5.74, 6) is 1.74. The van der Waals surface area contributed by atoms with Crippen LogP contribution in [0.25, 0.3) is 11.4 Å². The molecule has 1 amide bonds. The van der Waals surface area contributed by atoms with E-state index < -0.39 is 0 Å². The minimum atomic E-state index is -0.150. The lowest BCUT2D eigenvalue weighted by Crippen LogP contribution is -2.24. The molecule has 0 aliphatic heterocycles. The van der Waals surface area contributed by atoms with Crippen LogP contribution in [0.3, 0.4) is 0 Å². The molecule has 0 aliphatic rings. The number of ether oxygens (including phenoxy) is 2. The molecule has 7 nitrogen and oxygen atoms in total. The van der Waals surface area contributed by atoms with Crippen molar-refractivity contribution < 1.29 is 18.8 Å². The molecule has 1 N–H and O–H groups in total. The van der Waals surface area contributed by atoms with Gasteiger partial charge in [-0.05, 0) is 35.9 Å². The second-order valence-corrected chi connectivity index (χ2v) is 6.10. The molecule has 2 aromatic carbocycles. The number of carbonyl (C=O) groups is 1. The third-order valence-corrected chi connectivity index (χ3v) is 4.08. The van der Waals surface area contributed by atoms with E-state index in [1.54, 1.807) is 44.6 Å². The molecule has 0 unspecified atom stereocenters. The third kappa shape index (κ3) is 4.77. The largest absolute Gasteiger partial charge is 0.493 e. The van der Waals surface area contributed by atoms with Crippen LogP contribution in [0.1, 0.15) is 11.5 Å². The summed E-state index contributed by atoms with van der Waals surface area (Å²) in [5, 5.41) is 7.33. The van der Waals surface area contributed by atoms with E-state index in [1.807, 2.05) is 12.1 Å². The molecular weight excluding hydrogens is 370 g/mol. The quantitative estimate of drug-likeness (QED) is 0.669. The maximum Gasteiger partial charge on any atom is 0.246 e. The fourth-order valence-electron chi connectivity index (χ4n) is 2.44. The number of rotatable bonds is 7. The Kier molecular flexibility index (Phi) is 5.93. The topological polar surface area (TPSA) is 86.5 Å². The predicted molar refractivity (Wildman–Crippen MR) is 99.8 cm³/mol. The van der Waals surface area contributed by atoms with Crippen LogP contribution in [0, 0.1) is 0 Å². The van der Waals surface area contributed by atoms with Gasteiger partial charge >= 0.3 is 0 Å². The van der Waals surface area contributed by atoms with Crippen molar-refractivity contribution in [2.45, 2.75) is 13.0 Å². The first kappa shape index (κ1) is 18.7. The number of halogens is 1. The molecule has 0 saturated heterocycles. The van der Waals surface area contributed by atoms with Crippen molar-refractivity contribution in [1.29, 1.82) is 0 Å². The molecule has 1 aromatic heterocycles. The third-order valence-electron chi connectivity index (χ3n) is 3.82. The van der Waals surface area contributed by atoms with Gasteiger partial charge < -0.3 is 19.3 Å². The summed E-state index contributed by atoms with van der Waals surface area (Å²) in [5.41, 5.74) is 1.59. The van der Waals surface area contributed by atoms with Crippen molar-refractivity contribution in [3.05, 3.63) is 58.9 Å². The van der Waals surface area contributed by atoms with Crippen molar-refractivity contribution in [1.82, 2.24) is 15.5 Å². The molecule has 0 atom stereocenters. The maximum absolute atomic E-state index is 12.0. The van der Waals surface area contributed by atoms with Crippen LogP contribution in [0.15, 0.2) is 47.0 Å². The van der Waals surface area contributed by atoms with E-state index in [-0.39, 0.29) is 18.9 Å². The molecule has 140 valence electrons. The summed E-state index contributed by atoms with van der Waals surface area (Å²) in [7, 11) is 3.12. The van der Waals surface area contributed by atoms with E-state index in [0.717, 1.165) is 11.1 Å². The smallest absolute Gasteiger partial charge is 0.246 e. The van der Waals surface area contributed by atoms with Gasteiger partial charge in [-0.1, -0.05) is 28.9 Å². The molecule has 0 spiro atoms. The fourth-order valence-corrected chi connectivity index (χ4v) is 2.57. The zero-order valence-electron chi connectivity index (χ0n) is 14.9. The molecule has 0 saturated carbocycles. The number of hydrogen-bond acceptors (Lipinski definition) is 6. The van der Waals surface area contributed by atoms with Crippen LogP contribution in [0.5, 0.6) is 11.5 Å². The highest BCUT2D eigenvalue weighted by molar-refractivity contribution is 6.30. The summed E-state index contributed by atoms with van der Waals surface area (Å²) in [6.45, 7) is 0.146. The molecule has 0 fully saturated rings. The number of nitrogens with zero attached hydrogens (tertiary/aromatic N) is 2. The van der Waals surface area contributed by atoms with Crippen molar-refractivity contribution in [3.63, 3.8) is 0 Å². The average molecular weight is 388 g/mol. The number of hydrogen-bond donors (Lipinski definition) is 1. The van der Waals surface area contributed by atoms with Crippen LogP contribution >= 0.6 is 11.6 Å². The summed E-state index contributed by atoms with van der Waals surface area (Å²) < 4.78 is 15.7. The lowest BCUT2D eigenvalue weighted by Gasteiger charge is -2.07. The Morgan fingerprint density at radius 2 is 1.85 bits per heavy atom. The van der Waals surface area contributed by atoms with E-state index in [9.17, 15) is 4.79 Å². The van der Waals surface area contributed by atoms with Gasteiger partial charge in [-0.3, -0.25) is 4.79 Å². The van der Waals surface area contributed by atoms with Crippen LogP contribution in [-0.4, -0.2) is 30.3 Å². The SMILES string of the molecule is COc1ccc(-c2noc(CNC(=O)Cc3ccc(Cl)cc3)n2)cc1OC. The molecular formula is C19H18ClN3O4. The van der Waals surface area contributed by atoms with E-state index in [4.69, 9.17) is 25.6 Å². The summed E-state index contributed by atoms with van der Waals surface area (Å²) in [6, 6.07) is 12.4. The molecule has 27 heavy (non-hydrogen) atoms. The molecule has 3 rings (SSSR count). The van der Waals surface area contributed by atoms with Gasteiger partial charge in [-0.15, -0.1) is 0 Å². The molecule has 0 aliphatic carbocycles. The van der Waals surface area contributed by atoms with Crippen molar-refractivity contribution in [3.8, 4) is 22.9 Å². The summed E-state index contributed by atoms with van der Waals surface area (Å²) in [6.07, 6.45) is 0.244. The number of amides is 1. The first-order valence-electron chi connectivity index (χ1n) is 8.15. The van der Waals surface area contributed by atoms with Gasteiger partial charge in [-0.25, -0.2) is 0 Å². The Labute approximate surface area is 161 Å². The Morgan fingerprint density at radius 1 is 1.11 bits per heavy atom. The summed E-state index contributed by atoms with van der Waals surface area (Å²) in [4.78, 5) is 16.3. The highest BCUT2D eigenvalue weighted by Gasteiger charge is 2.13. The van der Waals surface area contributed by atoms with Gasteiger partial charge in [0.15, 0.2) is 11.5 Å².